The number of imidazole rings is 1. The first-order valence-corrected chi connectivity index (χ1v) is 13.7. The number of pyridine rings is 1. The Labute approximate surface area is 210 Å². The van der Waals surface area contributed by atoms with Crippen LogP contribution in [0.25, 0.3) is 16.3 Å². The Kier molecular flexibility index (Phi) is 6.72. The molecule has 0 spiro atoms. The van der Waals surface area contributed by atoms with Gasteiger partial charge in [0.05, 0.1) is 56.0 Å². The minimum absolute atomic E-state index is 0.0298. The molecule has 15 heteroatoms. The maximum atomic E-state index is 13.4. The number of sulfonamides is 1. The number of nitrogens with zero attached hydrogens (tertiary/aromatic N) is 5. The first-order valence-electron chi connectivity index (χ1n) is 11.4. The summed E-state index contributed by atoms with van der Waals surface area (Å²) in [5.41, 5.74) is 0.550. The van der Waals surface area contributed by atoms with Gasteiger partial charge in [-0.3, -0.25) is 4.40 Å². The van der Waals surface area contributed by atoms with Crippen LogP contribution in [-0.2, 0) is 19.5 Å². The number of nitrogens with one attached hydrogen (secondary N) is 1. The van der Waals surface area contributed by atoms with Crippen molar-refractivity contribution in [2.24, 2.45) is 0 Å². The number of morpholine rings is 1. The van der Waals surface area contributed by atoms with Crippen LogP contribution in [0.15, 0.2) is 23.4 Å². The van der Waals surface area contributed by atoms with Crippen LogP contribution in [0.4, 0.5) is 14.5 Å². The fourth-order valence-electron chi connectivity index (χ4n) is 4.34. The van der Waals surface area contributed by atoms with E-state index in [1.807, 2.05) is 11.8 Å². The molecule has 0 unspecified atom stereocenters. The Bertz CT molecular complexity index is 1360. The summed E-state index contributed by atoms with van der Waals surface area (Å²) in [6.07, 6.45) is 0.344. The van der Waals surface area contributed by atoms with E-state index in [0.29, 0.717) is 36.6 Å². The van der Waals surface area contributed by atoms with Gasteiger partial charge in [-0.1, -0.05) is 18.3 Å². The Morgan fingerprint density at radius 1 is 1.36 bits per heavy atom. The minimum atomic E-state index is -4.00. The number of aliphatic hydroxyl groups is 1. The third-order valence-electron chi connectivity index (χ3n) is 6.29. The lowest BCUT2D eigenvalue weighted by Crippen LogP contribution is -2.59. The second-order valence-electron chi connectivity index (χ2n) is 9.16. The molecule has 11 nitrogen and oxygen atoms in total. The fourth-order valence-corrected chi connectivity index (χ4v) is 6.44. The molecule has 2 fully saturated rings. The smallest absolute Gasteiger partial charge is 0.291 e. The van der Waals surface area contributed by atoms with Gasteiger partial charge in [-0.15, -0.1) is 10.2 Å². The minimum Gasteiger partial charge on any atom is -0.394 e. The molecule has 0 radical (unpaired) electrons. The van der Waals surface area contributed by atoms with Crippen molar-refractivity contribution in [1.29, 1.82) is 0 Å². The summed E-state index contributed by atoms with van der Waals surface area (Å²) >= 11 is 0.719. The van der Waals surface area contributed by atoms with Crippen LogP contribution in [0.1, 0.15) is 31.7 Å². The van der Waals surface area contributed by atoms with E-state index in [0.717, 1.165) is 11.3 Å². The summed E-state index contributed by atoms with van der Waals surface area (Å²) in [6.45, 7) is 4.72. The zero-order valence-corrected chi connectivity index (χ0v) is 21.2. The number of hydrogen-bond donors (Lipinski definition) is 2. The summed E-state index contributed by atoms with van der Waals surface area (Å²) in [6, 6.07) is 1.46. The van der Waals surface area contributed by atoms with Crippen molar-refractivity contribution >= 4 is 32.7 Å². The maximum absolute atomic E-state index is 13.4. The first-order chi connectivity index (χ1) is 17.1. The Balaban J connectivity index is 1.67. The van der Waals surface area contributed by atoms with E-state index in [1.54, 1.807) is 13.0 Å². The van der Waals surface area contributed by atoms with Gasteiger partial charge in [0.25, 0.3) is 6.43 Å². The van der Waals surface area contributed by atoms with Gasteiger partial charge in [-0.05, 0) is 19.4 Å². The van der Waals surface area contributed by atoms with E-state index in [9.17, 15) is 22.3 Å². The quantitative estimate of drug-likeness (QED) is 0.436. The number of aromatic nitrogens is 4. The molecule has 2 N–H and O–H groups in total. The second kappa shape index (κ2) is 9.54. The lowest BCUT2D eigenvalue weighted by atomic mass is 10.0. The van der Waals surface area contributed by atoms with Crippen molar-refractivity contribution in [3.05, 3.63) is 23.5 Å². The van der Waals surface area contributed by atoms with E-state index in [-0.39, 0.29) is 35.8 Å². The van der Waals surface area contributed by atoms with Crippen molar-refractivity contribution in [3.8, 4) is 10.7 Å². The van der Waals surface area contributed by atoms with Crippen molar-refractivity contribution in [2.75, 3.05) is 37.9 Å². The average Bonchev–Trinajstić information content (AvgIpc) is 3.49. The number of alkyl halides is 2. The molecule has 0 aromatic carbocycles. The molecule has 5 rings (SSSR count). The summed E-state index contributed by atoms with van der Waals surface area (Å²) < 4.78 is 68.4. The van der Waals surface area contributed by atoms with Crippen molar-refractivity contribution in [2.45, 2.75) is 49.3 Å². The van der Waals surface area contributed by atoms with Gasteiger partial charge in [-0.2, -0.15) is 0 Å². The Morgan fingerprint density at radius 2 is 2.14 bits per heavy atom. The van der Waals surface area contributed by atoms with Gasteiger partial charge in [0, 0.05) is 12.7 Å². The number of rotatable bonds is 8. The molecule has 5 heterocycles. The van der Waals surface area contributed by atoms with Gasteiger partial charge >= 0.3 is 0 Å². The predicted octanol–water partition coefficient (Wildman–Crippen LogP) is 1.83. The summed E-state index contributed by atoms with van der Waals surface area (Å²) in [5, 5.41) is 16.9. The molecule has 0 saturated carbocycles. The van der Waals surface area contributed by atoms with E-state index in [1.165, 1.54) is 16.8 Å². The van der Waals surface area contributed by atoms with Crippen LogP contribution in [0.3, 0.4) is 0 Å². The standard InChI is InChI=1S/C21H26F2N6O5S2/c1-3-12-9-34-13(8-30)6-28(12)15-4-14(36(31,32)27-21(2)10-33-11-21)7-29-16(5-24-18(15)29)19-25-26-20(35-19)17(22)23/h4-5,7,12-13,17,27,30H,3,6,8-11H2,1-2H3/t12-,13+/m0/s1. The van der Waals surface area contributed by atoms with Crippen molar-refractivity contribution in [1.82, 2.24) is 24.3 Å². The highest BCUT2D eigenvalue weighted by atomic mass is 32.2. The van der Waals surface area contributed by atoms with Gasteiger partial charge in [-0.25, -0.2) is 26.9 Å². The zero-order chi connectivity index (χ0) is 25.7. The number of fused-ring (bicyclic) bond motifs is 1. The molecule has 3 aromatic rings. The molecular weight excluding hydrogens is 518 g/mol. The molecular formula is C21H26F2N6O5S2. The predicted molar refractivity (Wildman–Crippen MR) is 127 cm³/mol. The van der Waals surface area contributed by atoms with E-state index in [4.69, 9.17) is 9.47 Å². The average molecular weight is 545 g/mol. The zero-order valence-electron chi connectivity index (χ0n) is 19.6. The van der Waals surface area contributed by atoms with Crippen LogP contribution in [-0.4, -0.2) is 83.8 Å². The molecule has 0 amide bonds. The number of anilines is 1. The van der Waals surface area contributed by atoms with Gasteiger partial charge in [0.2, 0.25) is 10.0 Å². The molecule has 36 heavy (non-hydrogen) atoms. The number of hydrogen-bond acceptors (Lipinski definition) is 10. The summed E-state index contributed by atoms with van der Waals surface area (Å²) in [7, 11) is -4.00. The highest BCUT2D eigenvalue weighted by Crippen LogP contribution is 2.35. The summed E-state index contributed by atoms with van der Waals surface area (Å²) in [4.78, 5) is 6.45. The molecule has 2 saturated heterocycles. The molecule has 3 aromatic heterocycles. The molecule has 2 aliphatic heterocycles. The van der Waals surface area contributed by atoms with E-state index in [2.05, 4.69) is 19.9 Å². The molecule has 0 aliphatic carbocycles. The monoisotopic (exact) mass is 544 g/mol. The van der Waals surface area contributed by atoms with E-state index < -0.39 is 33.1 Å². The lowest BCUT2D eigenvalue weighted by molar-refractivity contribution is -0.0523. The number of aliphatic hydroxyl groups excluding tert-OH is 1. The Hall–Kier alpha value is -2.30. The van der Waals surface area contributed by atoms with Crippen LogP contribution in [0, 0.1) is 0 Å². The second-order valence-corrected chi connectivity index (χ2v) is 11.8. The van der Waals surface area contributed by atoms with Crippen LogP contribution < -0.4 is 9.62 Å². The van der Waals surface area contributed by atoms with Gasteiger partial charge < -0.3 is 19.5 Å². The molecule has 2 aliphatic rings. The van der Waals surface area contributed by atoms with Crippen LogP contribution in [0.2, 0.25) is 0 Å². The first kappa shape index (κ1) is 25.4. The van der Waals surface area contributed by atoms with Gasteiger partial charge in [0.1, 0.15) is 10.6 Å². The third-order valence-corrected chi connectivity index (χ3v) is 8.85. The normalized spacial score (nSPS) is 22.3. The van der Waals surface area contributed by atoms with Crippen molar-refractivity contribution < 1.29 is 31.8 Å². The van der Waals surface area contributed by atoms with Gasteiger partial charge in [0.15, 0.2) is 15.7 Å². The van der Waals surface area contributed by atoms with Crippen LogP contribution >= 0.6 is 11.3 Å². The largest absolute Gasteiger partial charge is 0.394 e. The molecule has 0 bridgehead atoms. The van der Waals surface area contributed by atoms with Crippen LogP contribution in [0.5, 0.6) is 0 Å². The topological polar surface area (TPSA) is 131 Å². The highest BCUT2D eigenvalue weighted by Gasteiger charge is 2.39. The third kappa shape index (κ3) is 4.59. The number of ether oxygens (including phenoxy) is 2. The molecule has 196 valence electrons. The van der Waals surface area contributed by atoms with E-state index >= 15 is 0 Å². The highest BCUT2D eigenvalue weighted by molar-refractivity contribution is 7.89. The lowest BCUT2D eigenvalue weighted by Gasteiger charge is -2.41. The Morgan fingerprint density at radius 3 is 2.75 bits per heavy atom. The number of halogens is 2. The summed E-state index contributed by atoms with van der Waals surface area (Å²) in [5.74, 6) is 0. The molecule has 2 atom stereocenters. The van der Waals surface area contributed by atoms with Crippen molar-refractivity contribution in [3.63, 3.8) is 0 Å². The fraction of sp³-hybridized carbons (Fsp3) is 0.571. The maximum Gasteiger partial charge on any atom is 0.291 e. The SMILES string of the molecule is CC[C@H]1CO[C@@H](CO)CN1c1cc(S(=O)(=O)NC2(C)COC2)cn2c(-c3nnc(C(F)F)s3)cnc12.